The van der Waals surface area contributed by atoms with Gasteiger partial charge in [0, 0.05) is 32.1 Å². The van der Waals surface area contributed by atoms with E-state index < -0.39 is 5.67 Å². The molecule has 1 heterocycles. The number of rotatable bonds is 7. The van der Waals surface area contributed by atoms with Gasteiger partial charge < -0.3 is 10.2 Å². The van der Waals surface area contributed by atoms with Gasteiger partial charge in [-0.25, -0.2) is 4.39 Å². The minimum Gasteiger partial charge on any atom is -0.356 e. The fraction of sp³-hybridized carbons (Fsp3) is 0.950. The Morgan fingerprint density at radius 2 is 1.71 bits per heavy atom. The summed E-state index contributed by atoms with van der Waals surface area (Å²) in [6, 6.07) is 0. The Morgan fingerprint density at radius 3 is 2.25 bits per heavy atom. The molecule has 1 amide bonds. The largest absolute Gasteiger partial charge is 0.356 e. The number of hydrogen-bond donors (Lipinski definition) is 1. The molecule has 0 radical (unpaired) electrons. The first-order valence-corrected chi connectivity index (χ1v) is 9.84. The van der Waals surface area contributed by atoms with Crippen LogP contribution in [0.5, 0.6) is 0 Å². The standard InChI is InChI=1S/C20H35FN2O/c1-19(2,12-20(3,4)21)13-23-10-16-15(17(16)11-23)9-22-18(24)14-7-5-6-8-14/h14-17H,5-13H2,1-4H3,(H,22,24)/t15?,16-,17?/m1/s1. The Hall–Kier alpha value is -0.640. The molecule has 138 valence electrons. The summed E-state index contributed by atoms with van der Waals surface area (Å²) in [5, 5.41) is 3.20. The molecule has 3 aliphatic rings. The van der Waals surface area contributed by atoms with Crippen molar-refractivity contribution in [3.63, 3.8) is 0 Å². The second-order valence-corrected chi connectivity index (χ2v) is 9.97. The summed E-state index contributed by atoms with van der Waals surface area (Å²) in [5.74, 6) is 2.77. The van der Waals surface area contributed by atoms with E-state index >= 15 is 0 Å². The summed E-state index contributed by atoms with van der Waals surface area (Å²) in [7, 11) is 0. The van der Waals surface area contributed by atoms with Crippen molar-refractivity contribution in [1.82, 2.24) is 10.2 Å². The lowest BCUT2D eigenvalue weighted by Crippen LogP contribution is -2.39. The van der Waals surface area contributed by atoms with Gasteiger partial charge in [0.1, 0.15) is 5.67 Å². The summed E-state index contributed by atoms with van der Waals surface area (Å²) in [4.78, 5) is 14.6. The highest BCUT2D eigenvalue weighted by Gasteiger charge is 2.55. The highest BCUT2D eigenvalue weighted by Crippen LogP contribution is 2.52. The quantitative estimate of drug-likeness (QED) is 0.769. The first-order valence-electron chi connectivity index (χ1n) is 9.84. The minimum atomic E-state index is -1.10. The van der Waals surface area contributed by atoms with Gasteiger partial charge >= 0.3 is 0 Å². The molecule has 2 unspecified atom stereocenters. The summed E-state index contributed by atoms with van der Waals surface area (Å²) in [6.45, 7) is 11.8. The summed E-state index contributed by atoms with van der Waals surface area (Å²) in [5.41, 5.74) is -1.08. The zero-order chi connectivity index (χ0) is 17.5. The Balaban J connectivity index is 1.37. The van der Waals surface area contributed by atoms with Crippen LogP contribution >= 0.6 is 0 Å². The van der Waals surface area contributed by atoms with Gasteiger partial charge in [-0.2, -0.15) is 0 Å². The molecule has 3 nitrogen and oxygen atoms in total. The number of nitrogens with one attached hydrogen (secondary N) is 1. The third kappa shape index (κ3) is 4.50. The van der Waals surface area contributed by atoms with E-state index in [2.05, 4.69) is 24.1 Å². The van der Waals surface area contributed by atoms with Crippen molar-refractivity contribution in [2.75, 3.05) is 26.2 Å². The lowest BCUT2D eigenvalue weighted by Gasteiger charge is -2.34. The molecule has 0 bridgehead atoms. The molecule has 0 aromatic heterocycles. The van der Waals surface area contributed by atoms with Gasteiger partial charge in [0.05, 0.1) is 0 Å². The van der Waals surface area contributed by atoms with Crippen molar-refractivity contribution < 1.29 is 9.18 Å². The van der Waals surface area contributed by atoms with Crippen LogP contribution in [0.15, 0.2) is 0 Å². The maximum absolute atomic E-state index is 14.0. The van der Waals surface area contributed by atoms with Gasteiger partial charge in [-0.15, -0.1) is 0 Å². The van der Waals surface area contributed by atoms with Crippen LogP contribution in [-0.4, -0.2) is 42.7 Å². The number of nitrogens with zero attached hydrogens (tertiary/aromatic N) is 1. The number of carbonyl (C=O) groups excluding carboxylic acids is 1. The molecule has 2 saturated carbocycles. The minimum absolute atomic E-state index is 0.0151. The first kappa shape index (κ1) is 18.2. The van der Waals surface area contributed by atoms with Crippen LogP contribution in [0.3, 0.4) is 0 Å². The molecular weight excluding hydrogens is 303 g/mol. The number of hydrogen-bond acceptors (Lipinski definition) is 2. The zero-order valence-corrected chi connectivity index (χ0v) is 15.9. The third-order valence-corrected chi connectivity index (χ3v) is 6.24. The molecule has 1 N–H and O–H groups in total. The number of halogens is 1. The van der Waals surface area contributed by atoms with E-state index in [1.165, 1.54) is 12.8 Å². The van der Waals surface area contributed by atoms with E-state index in [0.717, 1.165) is 50.9 Å². The number of piperidine rings is 1. The SMILES string of the molecule is CC(C)(F)CC(C)(C)CN1CC2C(CNC(=O)C3CCCC3)[C@H]2C1. The molecular formula is C20H35FN2O. The van der Waals surface area contributed by atoms with E-state index in [4.69, 9.17) is 0 Å². The van der Waals surface area contributed by atoms with Gasteiger partial charge in [0.25, 0.3) is 0 Å². The van der Waals surface area contributed by atoms with Gasteiger partial charge in [-0.1, -0.05) is 26.7 Å². The predicted octanol–water partition coefficient (Wildman–Crippen LogP) is 3.64. The normalized spacial score (nSPS) is 31.3. The summed E-state index contributed by atoms with van der Waals surface area (Å²) >= 11 is 0. The third-order valence-electron chi connectivity index (χ3n) is 6.24. The van der Waals surface area contributed by atoms with Crippen molar-refractivity contribution in [3.05, 3.63) is 0 Å². The van der Waals surface area contributed by atoms with Crippen LogP contribution < -0.4 is 5.32 Å². The summed E-state index contributed by atoms with van der Waals surface area (Å²) < 4.78 is 14.0. The number of likely N-dealkylation sites (tertiary alicyclic amines) is 1. The maximum atomic E-state index is 14.0. The Bertz CT molecular complexity index is 453. The van der Waals surface area contributed by atoms with Crippen LogP contribution in [0.25, 0.3) is 0 Å². The molecule has 24 heavy (non-hydrogen) atoms. The molecule has 2 aliphatic carbocycles. The van der Waals surface area contributed by atoms with Gasteiger partial charge in [0.15, 0.2) is 0 Å². The molecule has 0 spiro atoms. The lowest BCUT2D eigenvalue weighted by atomic mass is 9.82. The van der Waals surface area contributed by atoms with Crippen molar-refractivity contribution in [1.29, 1.82) is 0 Å². The molecule has 0 aromatic rings. The van der Waals surface area contributed by atoms with E-state index in [9.17, 15) is 9.18 Å². The average Bonchev–Trinajstić information content (AvgIpc) is 2.87. The highest BCUT2D eigenvalue weighted by atomic mass is 19.1. The van der Waals surface area contributed by atoms with Crippen molar-refractivity contribution >= 4 is 5.91 Å². The number of alkyl halides is 1. The second kappa shape index (κ2) is 6.59. The fourth-order valence-electron chi connectivity index (χ4n) is 5.52. The predicted molar refractivity (Wildman–Crippen MR) is 95.5 cm³/mol. The van der Waals surface area contributed by atoms with Gasteiger partial charge in [-0.05, 0) is 56.3 Å². The first-order chi connectivity index (χ1) is 11.1. The molecule has 1 aliphatic heterocycles. The summed E-state index contributed by atoms with van der Waals surface area (Å²) in [6.07, 6.45) is 5.20. The van der Waals surface area contributed by atoms with Crippen molar-refractivity contribution in [2.45, 2.75) is 65.5 Å². The average molecular weight is 339 g/mol. The Morgan fingerprint density at radius 1 is 1.12 bits per heavy atom. The zero-order valence-electron chi connectivity index (χ0n) is 15.9. The van der Waals surface area contributed by atoms with Gasteiger partial charge in [0.2, 0.25) is 5.91 Å². The topological polar surface area (TPSA) is 32.3 Å². The maximum Gasteiger partial charge on any atom is 0.223 e. The fourth-order valence-corrected chi connectivity index (χ4v) is 5.52. The van der Waals surface area contributed by atoms with Crippen LogP contribution in [0, 0.1) is 29.1 Å². The van der Waals surface area contributed by atoms with Crippen LogP contribution in [0.4, 0.5) is 4.39 Å². The Labute approximate surface area is 146 Å². The van der Waals surface area contributed by atoms with Crippen molar-refractivity contribution in [2.24, 2.45) is 29.1 Å². The van der Waals surface area contributed by atoms with Crippen LogP contribution in [0.1, 0.15) is 59.8 Å². The van der Waals surface area contributed by atoms with Gasteiger partial charge in [-0.3, -0.25) is 4.79 Å². The molecule has 1 saturated heterocycles. The molecule has 3 fully saturated rings. The monoisotopic (exact) mass is 338 g/mol. The van der Waals surface area contributed by atoms with Crippen LogP contribution in [-0.2, 0) is 4.79 Å². The van der Waals surface area contributed by atoms with Crippen molar-refractivity contribution in [3.8, 4) is 0 Å². The second-order valence-electron chi connectivity index (χ2n) is 9.97. The van der Waals surface area contributed by atoms with E-state index in [-0.39, 0.29) is 11.3 Å². The number of amides is 1. The molecule has 3 atom stereocenters. The number of carbonyl (C=O) groups is 1. The van der Waals surface area contributed by atoms with E-state index in [0.29, 0.717) is 18.2 Å². The molecule has 4 heteroatoms. The number of fused-ring (bicyclic) bond motifs is 1. The highest BCUT2D eigenvalue weighted by molar-refractivity contribution is 5.78. The smallest absolute Gasteiger partial charge is 0.223 e. The van der Waals surface area contributed by atoms with E-state index in [1.54, 1.807) is 13.8 Å². The Kier molecular flexibility index (Phi) is 4.98. The lowest BCUT2D eigenvalue weighted by molar-refractivity contribution is -0.124. The molecule has 3 rings (SSSR count). The van der Waals surface area contributed by atoms with Crippen LogP contribution in [0.2, 0.25) is 0 Å². The van der Waals surface area contributed by atoms with E-state index in [1.807, 2.05) is 0 Å². The molecule has 0 aromatic carbocycles.